The second kappa shape index (κ2) is 5.22. The molecule has 3 heterocycles. The highest BCUT2D eigenvalue weighted by atomic mass is 16.5. The number of likely N-dealkylation sites (tertiary alicyclic amines) is 1. The third-order valence-corrected chi connectivity index (χ3v) is 3.95. The Bertz CT molecular complexity index is 527. The molecule has 7 heteroatoms. The fraction of sp³-hybridized carbons (Fsp3) is 0.692. The summed E-state index contributed by atoms with van der Waals surface area (Å²) in [5.74, 6) is 1.15. The molecular formula is C13H18N4O3. The van der Waals surface area contributed by atoms with Crippen molar-refractivity contribution in [3.8, 4) is 0 Å². The summed E-state index contributed by atoms with van der Waals surface area (Å²) in [6, 6.07) is 0. The van der Waals surface area contributed by atoms with Gasteiger partial charge in [0.1, 0.15) is 0 Å². The smallest absolute Gasteiger partial charge is 0.231 e. The van der Waals surface area contributed by atoms with E-state index in [1.54, 1.807) is 6.92 Å². The van der Waals surface area contributed by atoms with Gasteiger partial charge >= 0.3 is 0 Å². The number of aromatic nitrogens is 2. The zero-order chi connectivity index (χ0) is 14.1. The van der Waals surface area contributed by atoms with Crippen molar-refractivity contribution in [3.05, 3.63) is 11.7 Å². The van der Waals surface area contributed by atoms with Crippen molar-refractivity contribution in [2.24, 2.45) is 5.92 Å². The minimum absolute atomic E-state index is 0.0376. The topological polar surface area (TPSA) is 88.3 Å². The van der Waals surface area contributed by atoms with E-state index in [0.717, 1.165) is 19.4 Å². The average molecular weight is 278 g/mol. The minimum atomic E-state index is -0.217. The number of carbonyl (C=O) groups is 2. The molecule has 1 aromatic rings. The number of hydrogen-bond donors (Lipinski definition) is 1. The Morgan fingerprint density at radius 1 is 1.50 bits per heavy atom. The predicted molar refractivity (Wildman–Crippen MR) is 68.7 cm³/mol. The van der Waals surface area contributed by atoms with Crippen LogP contribution in [-0.4, -0.2) is 46.5 Å². The van der Waals surface area contributed by atoms with Gasteiger partial charge in [-0.25, -0.2) is 0 Å². The van der Waals surface area contributed by atoms with Crippen LogP contribution in [0, 0.1) is 12.8 Å². The molecule has 20 heavy (non-hydrogen) atoms. The lowest BCUT2D eigenvalue weighted by atomic mass is 9.96. The van der Waals surface area contributed by atoms with Crippen molar-refractivity contribution in [1.82, 2.24) is 20.4 Å². The number of aryl methyl sites for hydroxylation is 1. The molecule has 0 aliphatic carbocycles. The third kappa shape index (κ3) is 2.52. The van der Waals surface area contributed by atoms with Crippen LogP contribution in [0.2, 0.25) is 0 Å². The van der Waals surface area contributed by atoms with Gasteiger partial charge in [0.05, 0.1) is 11.8 Å². The first-order valence-corrected chi connectivity index (χ1v) is 6.99. The maximum atomic E-state index is 12.4. The molecule has 2 atom stereocenters. The number of piperidine rings is 1. The summed E-state index contributed by atoms with van der Waals surface area (Å²) in [7, 11) is 0. The molecule has 2 saturated heterocycles. The fourth-order valence-electron chi connectivity index (χ4n) is 2.90. The van der Waals surface area contributed by atoms with Crippen molar-refractivity contribution in [2.45, 2.75) is 32.1 Å². The Morgan fingerprint density at radius 2 is 2.35 bits per heavy atom. The molecular weight excluding hydrogens is 260 g/mol. The van der Waals surface area contributed by atoms with Crippen LogP contribution in [-0.2, 0) is 9.59 Å². The molecule has 2 aliphatic heterocycles. The highest BCUT2D eigenvalue weighted by Gasteiger charge is 2.35. The van der Waals surface area contributed by atoms with Crippen LogP contribution in [0.25, 0.3) is 0 Å². The molecule has 2 unspecified atom stereocenters. The van der Waals surface area contributed by atoms with Crippen LogP contribution in [0.5, 0.6) is 0 Å². The molecule has 1 aromatic heterocycles. The van der Waals surface area contributed by atoms with Crippen LogP contribution >= 0.6 is 0 Å². The van der Waals surface area contributed by atoms with Crippen LogP contribution in [0.1, 0.15) is 36.9 Å². The lowest BCUT2D eigenvalue weighted by Gasteiger charge is -2.32. The maximum absolute atomic E-state index is 12.4. The van der Waals surface area contributed by atoms with E-state index >= 15 is 0 Å². The van der Waals surface area contributed by atoms with Gasteiger partial charge in [-0.3, -0.25) is 9.59 Å². The Hall–Kier alpha value is -1.92. The molecule has 0 radical (unpaired) electrons. The quantitative estimate of drug-likeness (QED) is 0.836. The van der Waals surface area contributed by atoms with E-state index in [4.69, 9.17) is 4.52 Å². The van der Waals surface area contributed by atoms with Crippen LogP contribution < -0.4 is 5.32 Å². The summed E-state index contributed by atoms with van der Waals surface area (Å²) in [6.45, 7) is 3.59. The van der Waals surface area contributed by atoms with E-state index in [1.807, 2.05) is 4.90 Å². The average Bonchev–Trinajstić information content (AvgIpc) is 3.07. The molecule has 3 rings (SSSR count). The largest absolute Gasteiger partial charge is 0.355 e. The lowest BCUT2D eigenvalue weighted by Crippen LogP contribution is -2.43. The van der Waals surface area contributed by atoms with Crippen molar-refractivity contribution in [2.75, 3.05) is 19.6 Å². The molecule has 0 saturated carbocycles. The first kappa shape index (κ1) is 13.1. The zero-order valence-corrected chi connectivity index (χ0v) is 11.5. The van der Waals surface area contributed by atoms with E-state index in [-0.39, 0.29) is 23.7 Å². The highest BCUT2D eigenvalue weighted by Crippen LogP contribution is 2.27. The standard InChI is InChI=1S/C13H18N4O3/c1-8-15-12(20-16-8)9-3-2-4-17(7-9)13(19)10-5-11(18)14-6-10/h9-10H,2-7H2,1H3,(H,14,18). The van der Waals surface area contributed by atoms with E-state index < -0.39 is 0 Å². The second-order valence-electron chi connectivity index (χ2n) is 5.51. The Kier molecular flexibility index (Phi) is 3.42. The van der Waals surface area contributed by atoms with Gasteiger partial charge in [-0.2, -0.15) is 4.98 Å². The van der Waals surface area contributed by atoms with Crippen molar-refractivity contribution in [1.29, 1.82) is 0 Å². The van der Waals surface area contributed by atoms with E-state index in [1.165, 1.54) is 0 Å². The van der Waals surface area contributed by atoms with Gasteiger partial charge < -0.3 is 14.7 Å². The Labute approximate surface area is 116 Å². The van der Waals surface area contributed by atoms with Crippen LogP contribution in [0.3, 0.4) is 0 Å². The van der Waals surface area contributed by atoms with E-state index in [0.29, 0.717) is 31.2 Å². The van der Waals surface area contributed by atoms with Crippen LogP contribution in [0.4, 0.5) is 0 Å². The minimum Gasteiger partial charge on any atom is -0.355 e. The number of carbonyl (C=O) groups excluding carboxylic acids is 2. The molecule has 2 aliphatic rings. The molecule has 7 nitrogen and oxygen atoms in total. The summed E-state index contributed by atoms with van der Waals surface area (Å²) in [5, 5.41) is 6.51. The van der Waals surface area contributed by atoms with E-state index in [9.17, 15) is 9.59 Å². The number of nitrogens with zero attached hydrogens (tertiary/aromatic N) is 3. The summed E-state index contributed by atoms with van der Waals surface area (Å²) >= 11 is 0. The van der Waals surface area contributed by atoms with Gasteiger partial charge in [0.25, 0.3) is 0 Å². The highest BCUT2D eigenvalue weighted by molar-refractivity contribution is 5.89. The van der Waals surface area contributed by atoms with Gasteiger partial charge in [-0.1, -0.05) is 5.16 Å². The summed E-state index contributed by atoms with van der Waals surface area (Å²) < 4.78 is 5.21. The normalized spacial score (nSPS) is 26.6. The molecule has 2 amide bonds. The number of hydrogen-bond acceptors (Lipinski definition) is 5. The molecule has 0 spiro atoms. The molecule has 108 valence electrons. The third-order valence-electron chi connectivity index (χ3n) is 3.95. The molecule has 2 fully saturated rings. The summed E-state index contributed by atoms with van der Waals surface area (Å²) in [4.78, 5) is 29.7. The van der Waals surface area contributed by atoms with Crippen LogP contribution in [0.15, 0.2) is 4.52 Å². The Morgan fingerprint density at radius 3 is 3.00 bits per heavy atom. The lowest BCUT2D eigenvalue weighted by molar-refractivity contribution is -0.137. The van der Waals surface area contributed by atoms with Crippen molar-refractivity contribution in [3.63, 3.8) is 0 Å². The van der Waals surface area contributed by atoms with Gasteiger partial charge in [0, 0.05) is 26.1 Å². The van der Waals surface area contributed by atoms with Gasteiger partial charge in [-0.15, -0.1) is 0 Å². The maximum Gasteiger partial charge on any atom is 0.231 e. The summed E-state index contributed by atoms with van der Waals surface area (Å²) in [5.41, 5.74) is 0. The van der Waals surface area contributed by atoms with Gasteiger partial charge in [0.15, 0.2) is 5.82 Å². The first-order chi connectivity index (χ1) is 9.63. The van der Waals surface area contributed by atoms with Gasteiger partial charge in [0.2, 0.25) is 17.7 Å². The monoisotopic (exact) mass is 278 g/mol. The number of nitrogens with one attached hydrogen (secondary N) is 1. The Balaban J connectivity index is 1.66. The molecule has 0 bridgehead atoms. The van der Waals surface area contributed by atoms with E-state index in [2.05, 4.69) is 15.5 Å². The number of amides is 2. The predicted octanol–water partition coefficient (Wildman–Crippen LogP) is 0.220. The summed E-state index contributed by atoms with van der Waals surface area (Å²) in [6.07, 6.45) is 2.18. The van der Waals surface area contributed by atoms with Crippen molar-refractivity contribution >= 4 is 11.8 Å². The second-order valence-corrected chi connectivity index (χ2v) is 5.51. The fourth-order valence-corrected chi connectivity index (χ4v) is 2.90. The van der Waals surface area contributed by atoms with Gasteiger partial charge in [-0.05, 0) is 19.8 Å². The number of rotatable bonds is 2. The SMILES string of the molecule is Cc1noc(C2CCCN(C(=O)C3CNC(=O)C3)C2)n1. The van der Waals surface area contributed by atoms with Crippen molar-refractivity contribution < 1.29 is 14.1 Å². The first-order valence-electron chi connectivity index (χ1n) is 6.99. The molecule has 1 N–H and O–H groups in total. The zero-order valence-electron chi connectivity index (χ0n) is 11.5. The molecule has 0 aromatic carbocycles.